The molecule has 2 aromatic carbocycles. The number of methoxy groups -OCH3 is 1. The summed E-state index contributed by atoms with van der Waals surface area (Å²) in [6, 6.07) is 11.7. The van der Waals surface area contributed by atoms with E-state index in [1.807, 2.05) is 11.0 Å². The van der Waals surface area contributed by atoms with Crippen molar-refractivity contribution in [3.8, 4) is 17.6 Å². The quantitative estimate of drug-likeness (QED) is 0.150. The van der Waals surface area contributed by atoms with Crippen molar-refractivity contribution in [2.24, 2.45) is 5.16 Å². The van der Waals surface area contributed by atoms with Crippen LogP contribution in [0.25, 0.3) is 0 Å². The summed E-state index contributed by atoms with van der Waals surface area (Å²) in [6.45, 7) is 1.86. The molecule has 10 nitrogen and oxygen atoms in total. The first-order valence-corrected chi connectivity index (χ1v) is 11.6. The van der Waals surface area contributed by atoms with Gasteiger partial charge in [0.25, 0.3) is 11.8 Å². The Kier molecular flexibility index (Phi) is 5.98. The van der Waals surface area contributed by atoms with E-state index in [1.54, 1.807) is 36.4 Å². The van der Waals surface area contributed by atoms with Crippen molar-refractivity contribution < 1.29 is 24.3 Å². The number of oxime groups is 1. The molecule has 3 heterocycles. The third kappa shape index (κ3) is 4.20. The van der Waals surface area contributed by atoms with Crippen LogP contribution in [0.4, 0.5) is 4.79 Å². The summed E-state index contributed by atoms with van der Waals surface area (Å²) >= 11 is 0. The van der Waals surface area contributed by atoms with Crippen molar-refractivity contribution >= 4 is 23.7 Å². The molecule has 2 aromatic rings. The number of nitrogens with one attached hydrogen (secondary N) is 2. The fourth-order valence-electron chi connectivity index (χ4n) is 4.73. The first kappa shape index (κ1) is 23.2. The van der Waals surface area contributed by atoms with E-state index in [0.29, 0.717) is 29.3 Å². The predicted octanol–water partition coefficient (Wildman–Crippen LogP) is 1.51. The Morgan fingerprint density at radius 1 is 1.14 bits per heavy atom. The van der Waals surface area contributed by atoms with Gasteiger partial charge in [-0.15, -0.1) is 0 Å². The number of nitrogens with zero attached hydrogens (tertiary/aromatic N) is 3. The highest BCUT2D eigenvalue weighted by Gasteiger charge is 2.48. The number of ether oxygens (including phenoxy) is 1. The number of amidine groups is 1. The number of rotatable bonds is 4. The van der Waals surface area contributed by atoms with Crippen molar-refractivity contribution in [3.05, 3.63) is 64.7 Å². The minimum Gasteiger partial charge on any atom is -0.497 e. The Bertz CT molecular complexity index is 1320. The predicted molar refractivity (Wildman–Crippen MR) is 130 cm³/mol. The molecule has 4 amide bonds. The molecular formula is C26H25N5O5. The number of imide groups is 1. The first-order valence-electron chi connectivity index (χ1n) is 11.6. The molecule has 10 heteroatoms. The topological polar surface area (TPSA) is 124 Å². The molecule has 3 aliphatic rings. The minimum atomic E-state index is -1.59. The Morgan fingerprint density at radius 2 is 1.89 bits per heavy atom. The van der Waals surface area contributed by atoms with Crippen LogP contribution in [0.5, 0.6) is 5.75 Å². The molecule has 2 fully saturated rings. The minimum absolute atomic E-state index is 0.109. The van der Waals surface area contributed by atoms with Gasteiger partial charge < -0.3 is 25.1 Å². The Hall–Kier alpha value is -4.52. The van der Waals surface area contributed by atoms with Gasteiger partial charge in [-0.2, -0.15) is 0 Å². The smallest absolute Gasteiger partial charge is 0.323 e. The van der Waals surface area contributed by atoms with Crippen LogP contribution in [-0.2, 0) is 11.3 Å². The number of fused-ring (bicyclic) bond motifs is 1. The van der Waals surface area contributed by atoms with E-state index in [-0.39, 0.29) is 12.5 Å². The van der Waals surface area contributed by atoms with Crippen LogP contribution in [0, 0.1) is 11.8 Å². The van der Waals surface area contributed by atoms with Gasteiger partial charge in [-0.25, -0.2) is 4.79 Å². The van der Waals surface area contributed by atoms with Crippen LogP contribution in [0.1, 0.15) is 39.9 Å². The second-order valence-corrected chi connectivity index (χ2v) is 8.94. The second kappa shape index (κ2) is 9.26. The van der Waals surface area contributed by atoms with E-state index in [4.69, 9.17) is 4.74 Å². The fourth-order valence-corrected chi connectivity index (χ4v) is 4.73. The summed E-state index contributed by atoms with van der Waals surface area (Å²) in [5.74, 6) is 6.06. The first-order chi connectivity index (χ1) is 17.4. The van der Waals surface area contributed by atoms with Crippen molar-refractivity contribution in [2.75, 3.05) is 26.7 Å². The summed E-state index contributed by atoms with van der Waals surface area (Å²) in [4.78, 5) is 41.4. The molecule has 0 aromatic heterocycles. The van der Waals surface area contributed by atoms with Crippen molar-refractivity contribution in [3.63, 3.8) is 0 Å². The van der Waals surface area contributed by atoms with Gasteiger partial charge in [-0.1, -0.05) is 23.1 Å². The lowest BCUT2D eigenvalue weighted by Crippen LogP contribution is -2.54. The molecule has 0 bridgehead atoms. The van der Waals surface area contributed by atoms with Gasteiger partial charge in [0, 0.05) is 36.3 Å². The highest BCUT2D eigenvalue weighted by Crippen LogP contribution is 2.28. The van der Waals surface area contributed by atoms with E-state index in [1.165, 1.54) is 12.0 Å². The van der Waals surface area contributed by atoms with Crippen LogP contribution in [0.2, 0.25) is 0 Å². The zero-order chi connectivity index (χ0) is 25.3. The normalized spacial score (nSPS) is 21.1. The Morgan fingerprint density at radius 3 is 2.53 bits per heavy atom. The maximum atomic E-state index is 13.0. The van der Waals surface area contributed by atoms with Crippen molar-refractivity contribution in [1.29, 1.82) is 0 Å². The van der Waals surface area contributed by atoms with Gasteiger partial charge in [0.2, 0.25) is 5.54 Å². The maximum Gasteiger partial charge on any atom is 0.323 e. The largest absolute Gasteiger partial charge is 0.497 e. The van der Waals surface area contributed by atoms with Gasteiger partial charge in [0.1, 0.15) is 5.75 Å². The molecule has 0 aliphatic carbocycles. The summed E-state index contributed by atoms with van der Waals surface area (Å²) < 4.78 is 5.22. The maximum absolute atomic E-state index is 13.0. The average molecular weight is 488 g/mol. The molecule has 0 unspecified atom stereocenters. The molecule has 2 saturated heterocycles. The van der Waals surface area contributed by atoms with Crippen LogP contribution in [0.3, 0.4) is 0 Å². The molecule has 184 valence electrons. The van der Waals surface area contributed by atoms with E-state index in [0.717, 1.165) is 37.1 Å². The van der Waals surface area contributed by atoms with E-state index >= 15 is 0 Å². The molecule has 36 heavy (non-hydrogen) atoms. The number of benzene rings is 2. The highest BCUT2D eigenvalue weighted by molar-refractivity contribution is 6.10. The van der Waals surface area contributed by atoms with Crippen LogP contribution >= 0.6 is 0 Å². The summed E-state index contributed by atoms with van der Waals surface area (Å²) in [6.07, 6.45) is 2.10. The number of carbonyl (C=O) groups excluding carboxylic acids is 3. The summed E-state index contributed by atoms with van der Waals surface area (Å²) in [7, 11) is 1.53. The lowest BCUT2D eigenvalue weighted by Gasteiger charge is -2.26. The molecular weight excluding hydrogens is 462 g/mol. The van der Waals surface area contributed by atoms with Gasteiger partial charge in [0.15, 0.2) is 5.84 Å². The molecule has 3 aliphatic heterocycles. The number of amides is 4. The van der Waals surface area contributed by atoms with Gasteiger partial charge in [0.05, 0.1) is 13.7 Å². The van der Waals surface area contributed by atoms with E-state index in [9.17, 15) is 19.6 Å². The van der Waals surface area contributed by atoms with Crippen LogP contribution in [0.15, 0.2) is 47.6 Å². The standard InChI is InChI=1S/C26H25N5O5/c1-36-20-9-8-19-15-31(23(32)21(19)14-20)16-26(24(33)27-25(34)28-26)11-10-17-4-6-18(7-5-17)22(29-35)30-12-2-3-13-30/h4-9,14,35H,2-3,12-13,15-16H2,1H3,(H2,27,28,33,34)/t26-/m1/s1. The fraction of sp³-hybridized carbons (Fsp3) is 0.308. The zero-order valence-corrected chi connectivity index (χ0v) is 19.7. The Labute approximate surface area is 207 Å². The molecule has 1 atom stereocenters. The number of urea groups is 1. The third-order valence-corrected chi connectivity index (χ3v) is 6.63. The van der Waals surface area contributed by atoms with Gasteiger partial charge >= 0.3 is 6.03 Å². The molecule has 0 spiro atoms. The lowest BCUT2D eigenvalue weighted by molar-refractivity contribution is -0.122. The van der Waals surface area contributed by atoms with E-state index in [2.05, 4.69) is 27.6 Å². The number of hydrogen-bond acceptors (Lipinski definition) is 6. The Balaban J connectivity index is 1.38. The molecule has 3 N–H and O–H groups in total. The van der Waals surface area contributed by atoms with Crippen molar-refractivity contribution in [2.45, 2.75) is 24.9 Å². The SMILES string of the molecule is COc1ccc2c(c1)C(=O)N(C[C@@]1(C#Cc3ccc(C(=NO)N4CCCC4)cc3)NC(=O)NC1=O)C2. The monoisotopic (exact) mass is 487 g/mol. The lowest BCUT2D eigenvalue weighted by atomic mass is 9.99. The van der Waals surface area contributed by atoms with Crippen molar-refractivity contribution in [1.82, 2.24) is 20.4 Å². The molecule has 0 saturated carbocycles. The molecule has 0 radical (unpaired) electrons. The second-order valence-electron chi connectivity index (χ2n) is 8.94. The van der Waals surface area contributed by atoms with Crippen LogP contribution in [-0.4, -0.2) is 71.0 Å². The van der Waals surface area contributed by atoms with Gasteiger partial charge in [-0.3, -0.25) is 14.9 Å². The zero-order valence-electron chi connectivity index (χ0n) is 19.7. The summed E-state index contributed by atoms with van der Waals surface area (Å²) in [5, 5.41) is 17.8. The van der Waals surface area contributed by atoms with Crippen LogP contribution < -0.4 is 15.4 Å². The van der Waals surface area contributed by atoms with Gasteiger partial charge in [-0.05, 0) is 54.8 Å². The van der Waals surface area contributed by atoms with E-state index < -0.39 is 17.5 Å². The third-order valence-electron chi connectivity index (χ3n) is 6.63. The summed E-state index contributed by atoms with van der Waals surface area (Å²) in [5.41, 5.74) is 1.07. The average Bonchev–Trinajstić information content (AvgIpc) is 3.58. The molecule has 5 rings (SSSR count). The number of likely N-dealkylation sites (tertiary alicyclic amines) is 1. The number of hydrogen-bond donors (Lipinski definition) is 3. The number of carbonyl (C=O) groups is 3. The highest BCUT2D eigenvalue weighted by atomic mass is 16.5.